The molecule has 1 aromatic rings. The van der Waals surface area contributed by atoms with Gasteiger partial charge in [-0.05, 0) is 26.0 Å². The molecule has 1 heterocycles. The number of amides is 1. The van der Waals surface area contributed by atoms with Crippen molar-refractivity contribution in [2.45, 2.75) is 13.8 Å². The molecular formula is C12H16N2O3. The molecule has 3 N–H and O–H groups in total. The quantitative estimate of drug-likeness (QED) is 0.830. The second kappa shape index (κ2) is 4.25. The lowest BCUT2D eigenvalue weighted by Crippen LogP contribution is -2.37. The van der Waals surface area contributed by atoms with Crippen LogP contribution in [0.5, 0.6) is 11.5 Å². The summed E-state index contributed by atoms with van der Waals surface area (Å²) in [5, 5.41) is 2.81. The minimum absolute atomic E-state index is 0.112. The summed E-state index contributed by atoms with van der Waals surface area (Å²) in [5.74, 6) is 1.23. The zero-order valence-corrected chi connectivity index (χ0v) is 9.95. The average Bonchev–Trinajstić information content (AvgIpc) is 2.76. The molecule has 0 spiro atoms. The van der Waals surface area contributed by atoms with E-state index in [-0.39, 0.29) is 12.7 Å². The molecule has 0 atom stereocenters. The van der Waals surface area contributed by atoms with Crippen molar-refractivity contribution in [3.63, 3.8) is 0 Å². The second-order valence-electron chi connectivity index (χ2n) is 4.61. The van der Waals surface area contributed by atoms with E-state index in [2.05, 4.69) is 5.32 Å². The normalized spacial score (nSPS) is 13.6. The first-order valence-electron chi connectivity index (χ1n) is 5.44. The Hall–Kier alpha value is -1.75. The van der Waals surface area contributed by atoms with Gasteiger partial charge in [0, 0.05) is 18.3 Å². The highest BCUT2D eigenvalue weighted by Gasteiger charge is 2.26. The lowest BCUT2D eigenvalue weighted by atomic mass is 9.92. The van der Waals surface area contributed by atoms with Crippen LogP contribution in [0, 0.1) is 5.41 Å². The molecule has 0 bridgehead atoms. The van der Waals surface area contributed by atoms with Crippen LogP contribution in [-0.2, 0) is 4.79 Å². The lowest BCUT2D eigenvalue weighted by molar-refractivity contribution is -0.123. The number of fused-ring (bicyclic) bond motifs is 1. The number of ether oxygens (including phenoxy) is 2. The van der Waals surface area contributed by atoms with E-state index >= 15 is 0 Å². The predicted molar refractivity (Wildman–Crippen MR) is 64.0 cm³/mol. The van der Waals surface area contributed by atoms with Gasteiger partial charge in [0.25, 0.3) is 0 Å². The molecule has 1 aliphatic heterocycles. The number of nitrogens with two attached hydrogens (primary N) is 1. The minimum atomic E-state index is -0.587. The Kier molecular flexibility index (Phi) is 2.93. The molecule has 2 rings (SSSR count). The highest BCUT2D eigenvalue weighted by molar-refractivity contribution is 5.95. The first kappa shape index (κ1) is 11.7. The lowest BCUT2D eigenvalue weighted by Gasteiger charge is -2.21. The first-order chi connectivity index (χ1) is 8.03. The maximum atomic E-state index is 11.9. The molecular weight excluding hydrogens is 220 g/mol. The molecule has 0 saturated carbocycles. The molecule has 5 heteroatoms. The Morgan fingerprint density at radius 2 is 2.12 bits per heavy atom. The third-order valence-electron chi connectivity index (χ3n) is 2.76. The van der Waals surface area contributed by atoms with Crippen LogP contribution >= 0.6 is 0 Å². The maximum Gasteiger partial charge on any atom is 0.231 e. The van der Waals surface area contributed by atoms with Crippen molar-refractivity contribution in [2.24, 2.45) is 11.1 Å². The van der Waals surface area contributed by atoms with Gasteiger partial charge < -0.3 is 20.5 Å². The number of carbonyl (C=O) groups excluding carboxylic acids is 1. The molecule has 17 heavy (non-hydrogen) atoms. The van der Waals surface area contributed by atoms with Gasteiger partial charge in [0.15, 0.2) is 11.5 Å². The minimum Gasteiger partial charge on any atom is -0.454 e. The molecule has 1 aromatic carbocycles. The molecule has 1 aliphatic rings. The number of carbonyl (C=O) groups is 1. The van der Waals surface area contributed by atoms with E-state index in [0.717, 1.165) is 0 Å². The SMILES string of the molecule is CC(C)(CN)C(=O)Nc1ccc2c(c1)OCO2. The van der Waals surface area contributed by atoms with E-state index in [4.69, 9.17) is 15.2 Å². The highest BCUT2D eigenvalue weighted by Crippen LogP contribution is 2.34. The Bertz CT molecular complexity index is 443. The predicted octanol–water partition coefficient (Wildman–Crippen LogP) is 1.34. The Morgan fingerprint density at radius 3 is 2.82 bits per heavy atom. The molecule has 92 valence electrons. The fourth-order valence-electron chi connectivity index (χ4n) is 1.37. The molecule has 5 nitrogen and oxygen atoms in total. The third-order valence-corrected chi connectivity index (χ3v) is 2.76. The van der Waals surface area contributed by atoms with E-state index in [0.29, 0.717) is 23.7 Å². The van der Waals surface area contributed by atoms with E-state index < -0.39 is 5.41 Å². The van der Waals surface area contributed by atoms with Crippen LogP contribution in [-0.4, -0.2) is 19.2 Å². The number of rotatable bonds is 3. The summed E-state index contributed by atoms with van der Waals surface area (Å²) in [5.41, 5.74) is 5.64. The summed E-state index contributed by atoms with van der Waals surface area (Å²) in [6, 6.07) is 5.29. The highest BCUT2D eigenvalue weighted by atomic mass is 16.7. The van der Waals surface area contributed by atoms with Gasteiger partial charge >= 0.3 is 0 Å². The monoisotopic (exact) mass is 236 g/mol. The van der Waals surface area contributed by atoms with Crippen molar-refractivity contribution in [1.82, 2.24) is 0 Å². The van der Waals surface area contributed by atoms with Crippen molar-refractivity contribution < 1.29 is 14.3 Å². The first-order valence-corrected chi connectivity index (χ1v) is 5.44. The fourth-order valence-corrected chi connectivity index (χ4v) is 1.37. The number of nitrogens with one attached hydrogen (secondary N) is 1. The van der Waals surface area contributed by atoms with E-state index in [1.165, 1.54) is 0 Å². The largest absolute Gasteiger partial charge is 0.454 e. The van der Waals surface area contributed by atoms with E-state index in [1.54, 1.807) is 32.0 Å². The zero-order valence-electron chi connectivity index (χ0n) is 9.95. The fraction of sp³-hybridized carbons (Fsp3) is 0.417. The molecule has 0 aliphatic carbocycles. The Morgan fingerprint density at radius 1 is 1.41 bits per heavy atom. The summed E-state index contributed by atoms with van der Waals surface area (Å²) in [6.07, 6.45) is 0. The Labute approximate surface area is 99.9 Å². The topological polar surface area (TPSA) is 73.6 Å². The van der Waals surface area contributed by atoms with Crippen LogP contribution in [0.2, 0.25) is 0 Å². The van der Waals surface area contributed by atoms with Gasteiger partial charge in [-0.3, -0.25) is 4.79 Å². The van der Waals surface area contributed by atoms with Gasteiger partial charge in [-0.1, -0.05) is 0 Å². The summed E-state index contributed by atoms with van der Waals surface area (Å²) < 4.78 is 10.4. The molecule has 0 unspecified atom stereocenters. The number of hydrogen-bond donors (Lipinski definition) is 2. The smallest absolute Gasteiger partial charge is 0.231 e. The number of hydrogen-bond acceptors (Lipinski definition) is 4. The number of anilines is 1. The third kappa shape index (κ3) is 2.34. The van der Waals surface area contributed by atoms with Gasteiger partial charge in [-0.25, -0.2) is 0 Å². The Balaban J connectivity index is 2.12. The summed E-state index contributed by atoms with van der Waals surface area (Å²) in [7, 11) is 0. The van der Waals surface area contributed by atoms with Gasteiger partial charge in [-0.2, -0.15) is 0 Å². The molecule has 0 fully saturated rings. The van der Waals surface area contributed by atoms with Gasteiger partial charge in [0.2, 0.25) is 12.7 Å². The van der Waals surface area contributed by atoms with Gasteiger partial charge in [0.1, 0.15) is 0 Å². The average molecular weight is 236 g/mol. The summed E-state index contributed by atoms with van der Waals surface area (Å²) in [6.45, 7) is 4.12. The van der Waals surface area contributed by atoms with Crippen LogP contribution in [0.1, 0.15) is 13.8 Å². The summed E-state index contributed by atoms with van der Waals surface area (Å²) >= 11 is 0. The van der Waals surface area contributed by atoms with E-state index in [1.807, 2.05) is 0 Å². The molecule has 0 saturated heterocycles. The van der Waals surface area contributed by atoms with Crippen molar-refractivity contribution in [2.75, 3.05) is 18.7 Å². The van der Waals surface area contributed by atoms with Crippen LogP contribution in [0.4, 0.5) is 5.69 Å². The van der Waals surface area contributed by atoms with Crippen LogP contribution in [0.3, 0.4) is 0 Å². The second-order valence-corrected chi connectivity index (χ2v) is 4.61. The number of benzene rings is 1. The van der Waals surface area contributed by atoms with Crippen LogP contribution < -0.4 is 20.5 Å². The van der Waals surface area contributed by atoms with Crippen LogP contribution in [0.25, 0.3) is 0 Å². The van der Waals surface area contributed by atoms with Crippen molar-refractivity contribution in [3.05, 3.63) is 18.2 Å². The van der Waals surface area contributed by atoms with E-state index in [9.17, 15) is 4.79 Å². The van der Waals surface area contributed by atoms with Crippen molar-refractivity contribution >= 4 is 11.6 Å². The standard InChI is InChI=1S/C12H16N2O3/c1-12(2,6-13)11(15)14-8-3-4-9-10(5-8)17-7-16-9/h3-5H,6-7,13H2,1-2H3,(H,14,15). The molecule has 0 radical (unpaired) electrons. The maximum absolute atomic E-state index is 11.9. The van der Waals surface area contributed by atoms with Crippen LogP contribution in [0.15, 0.2) is 18.2 Å². The van der Waals surface area contributed by atoms with Crippen molar-refractivity contribution in [1.29, 1.82) is 0 Å². The van der Waals surface area contributed by atoms with Gasteiger partial charge in [-0.15, -0.1) is 0 Å². The zero-order chi connectivity index (χ0) is 12.5. The molecule has 1 amide bonds. The summed E-state index contributed by atoms with van der Waals surface area (Å²) in [4.78, 5) is 11.9. The van der Waals surface area contributed by atoms with Crippen molar-refractivity contribution in [3.8, 4) is 11.5 Å². The van der Waals surface area contributed by atoms with Gasteiger partial charge in [0.05, 0.1) is 5.41 Å². The molecule has 0 aromatic heterocycles.